The van der Waals surface area contributed by atoms with E-state index < -0.39 is 30.1 Å². The van der Waals surface area contributed by atoms with Crippen LogP contribution in [0.3, 0.4) is 0 Å². The van der Waals surface area contributed by atoms with Gasteiger partial charge in [0.15, 0.2) is 0 Å². The van der Waals surface area contributed by atoms with E-state index >= 15 is 0 Å². The number of aryl methyl sites for hydroxylation is 1. The van der Waals surface area contributed by atoms with Crippen LogP contribution in [-0.4, -0.2) is 104 Å². The highest BCUT2D eigenvalue weighted by molar-refractivity contribution is 7.93. The third kappa shape index (κ3) is 18.6. The van der Waals surface area contributed by atoms with Crippen molar-refractivity contribution in [1.82, 2.24) is 16.0 Å². The second-order valence-electron chi connectivity index (χ2n) is 18.3. The molecule has 9 rings (SSSR count). The molecule has 0 atom stereocenters. The number of nitrogens with two attached hydrogens (primary N) is 3. The Morgan fingerprint density at radius 2 is 0.775 bits per heavy atom. The minimum atomic E-state index is -3.81. The molecule has 12 N–H and O–H groups in total. The third-order valence-electron chi connectivity index (χ3n) is 12.7. The molecule has 0 amide bonds. The van der Waals surface area contributed by atoms with Crippen molar-refractivity contribution in [1.29, 1.82) is 0 Å². The first kappa shape index (κ1) is 67.8. The number of halogens is 7. The van der Waals surface area contributed by atoms with Crippen molar-refractivity contribution in [3.63, 3.8) is 0 Å². The molecule has 0 spiro atoms. The highest BCUT2D eigenvalue weighted by atomic mass is 35.5. The SMILES string of the molecule is Cc1ccc(Cl)cc1NS(=O)(=O)c1ccc(N2CCCNCC2)c(N)c1.Cl.Cl.Cl.Nc1cc(S(=O)(=O)Nc2ccc(Cl)cc2Cl)ccc1N1CCCNCC1.Nc1cc(S(=O)(=O)Nc2ccccc2Cl)ccc1N1CCCNCC1. The molecule has 0 aromatic heterocycles. The first-order valence-electron chi connectivity index (χ1n) is 24.8. The zero-order valence-electron chi connectivity index (χ0n) is 43.6. The van der Waals surface area contributed by atoms with Crippen molar-refractivity contribution < 1.29 is 25.3 Å². The molecule has 28 heteroatoms. The van der Waals surface area contributed by atoms with Gasteiger partial charge in [0.2, 0.25) is 0 Å². The largest absolute Gasteiger partial charge is 0.397 e. The lowest BCUT2D eigenvalue weighted by molar-refractivity contribution is 0.599. The van der Waals surface area contributed by atoms with Gasteiger partial charge in [0, 0.05) is 68.9 Å². The number of anilines is 9. The topological polar surface area (TPSA) is 262 Å². The van der Waals surface area contributed by atoms with E-state index in [9.17, 15) is 25.3 Å². The van der Waals surface area contributed by atoms with Crippen LogP contribution in [0, 0.1) is 6.92 Å². The second kappa shape index (κ2) is 31.1. The summed E-state index contributed by atoms with van der Waals surface area (Å²) in [5.41, 5.74) is 24.2. The molecule has 0 bridgehead atoms. The van der Waals surface area contributed by atoms with Crippen LogP contribution in [-0.2, 0) is 30.1 Å². The number of rotatable bonds is 12. The van der Waals surface area contributed by atoms with Crippen molar-refractivity contribution in [3.8, 4) is 0 Å². The van der Waals surface area contributed by atoms with Gasteiger partial charge in [-0.3, -0.25) is 14.2 Å². The van der Waals surface area contributed by atoms with Crippen LogP contribution < -0.4 is 62.0 Å². The molecule has 80 heavy (non-hydrogen) atoms. The Kier molecular flexibility index (Phi) is 26.3. The maximum atomic E-state index is 12.7. The zero-order chi connectivity index (χ0) is 55.3. The second-order valence-corrected chi connectivity index (χ2v) is 25.0. The predicted octanol–water partition coefficient (Wildman–Crippen LogP) is 9.80. The van der Waals surface area contributed by atoms with Crippen LogP contribution in [0.2, 0.25) is 20.1 Å². The molecule has 3 aliphatic heterocycles. The number of nitrogens with one attached hydrogen (secondary N) is 6. The molecule has 18 nitrogen and oxygen atoms in total. The van der Waals surface area contributed by atoms with Gasteiger partial charge in [-0.15, -0.1) is 37.2 Å². The lowest BCUT2D eigenvalue weighted by Crippen LogP contribution is -2.28. The summed E-state index contributed by atoms with van der Waals surface area (Å²) in [5, 5.41) is 11.5. The monoisotopic (exact) mass is 1300 g/mol. The van der Waals surface area contributed by atoms with Crippen LogP contribution in [0.1, 0.15) is 24.8 Å². The number of nitrogens with zero attached hydrogens (tertiary/aromatic N) is 3. The van der Waals surface area contributed by atoms with E-state index in [1.54, 1.807) is 84.9 Å². The van der Waals surface area contributed by atoms with Crippen LogP contribution in [0.25, 0.3) is 0 Å². The Hall–Kier alpha value is -4.72. The molecule has 6 aromatic carbocycles. The smallest absolute Gasteiger partial charge is 0.262 e. The highest BCUT2D eigenvalue weighted by Gasteiger charge is 2.23. The van der Waals surface area contributed by atoms with Gasteiger partial charge in [-0.1, -0.05) is 64.6 Å². The van der Waals surface area contributed by atoms with Gasteiger partial charge in [-0.25, -0.2) is 25.3 Å². The number of sulfonamides is 3. The first-order valence-corrected chi connectivity index (χ1v) is 30.8. The van der Waals surface area contributed by atoms with Gasteiger partial charge in [-0.2, -0.15) is 0 Å². The number of hydrogen-bond acceptors (Lipinski definition) is 15. The summed E-state index contributed by atoms with van der Waals surface area (Å²) >= 11 is 23.9. The summed E-state index contributed by atoms with van der Waals surface area (Å²) in [4.78, 5) is 6.84. The third-order valence-corrected chi connectivity index (χ3v) is 17.9. The van der Waals surface area contributed by atoms with Gasteiger partial charge < -0.3 is 47.9 Å². The Balaban J connectivity index is 0.000000254. The Morgan fingerprint density at radius 3 is 1.16 bits per heavy atom. The van der Waals surface area contributed by atoms with E-state index in [1.165, 1.54) is 30.3 Å². The van der Waals surface area contributed by atoms with Gasteiger partial charge in [-0.05, 0) is 148 Å². The molecule has 438 valence electrons. The van der Waals surface area contributed by atoms with Crippen LogP contribution >= 0.6 is 83.6 Å². The molecule has 3 saturated heterocycles. The molecule has 3 fully saturated rings. The summed E-state index contributed by atoms with van der Waals surface area (Å²) in [7, 11) is -11.3. The Morgan fingerprint density at radius 1 is 0.412 bits per heavy atom. The van der Waals surface area contributed by atoms with Crippen LogP contribution in [0.5, 0.6) is 0 Å². The van der Waals surface area contributed by atoms with Crippen molar-refractivity contribution in [2.24, 2.45) is 0 Å². The summed E-state index contributed by atoms with van der Waals surface area (Å²) in [6, 6.07) is 30.8. The van der Waals surface area contributed by atoms with Crippen molar-refractivity contribution >= 4 is 165 Å². The van der Waals surface area contributed by atoms with Gasteiger partial charge in [0.25, 0.3) is 30.1 Å². The molecule has 0 saturated carbocycles. The van der Waals surface area contributed by atoms with E-state index in [0.717, 1.165) is 120 Å². The molecular weight excluding hydrogens is 1230 g/mol. The minimum Gasteiger partial charge on any atom is -0.397 e. The molecule has 0 unspecified atom stereocenters. The summed E-state index contributed by atoms with van der Waals surface area (Å²) in [6.45, 7) is 12.6. The lowest BCUT2D eigenvalue weighted by Gasteiger charge is -2.24. The predicted molar refractivity (Wildman–Crippen MR) is 340 cm³/mol. The van der Waals surface area contributed by atoms with Crippen molar-refractivity contribution in [2.45, 2.75) is 40.9 Å². The normalized spacial score (nSPS) is 15.0. The molecule has 6 aromatic rings. The van der Waals surface area contributed by atoms with E-state index in [2.05, 4.69) is 44.8 Å². The van der Waals surface area contributed by atoms with E-state index in [-0.39, 0.29) is 62.6 Å². The van der Waals surface area contributed by atoms with Crippen molar-refractivity contribution in [2.75, 3.05) is 125 Å². The highest BCUT2D eigenvalue weighted by Crippen LogP contribution is 2.33. The van der Waals surface area contributed by atoms with E-state index in [1.807, 2.05) is 6.92 Å². The molecule has 0 aliphatic carbocycles. The van der Waals surface area contributed by atoms with Gasteiger partial charge >= 0.3 is 0 Å². The molecular formula is C52H67Cl7N12O6S3. The number of nitrogen functional groups attached to an aromatic ring is 3. The maximum Gasteiger partial charge on any atom is 0.262 e. The number of hydrogen-bond donors (Lipinski definition) is 9. The molecule has 3 aliphatic rings. The maximum absolute atomic E-state index is 12.7. The quantitative estimate of drug-likeness (QED) is 0.0517. The first-order chi connectivity index (χ1) is 36.7. The van der Waals surface area contributed by atoms with Crippen LogP contribution in [0.15, 0.2) is 130 Å². The fraction of sp³-hybridized carbons (Fsp3) is 0.308. The summed E-state index contributed by atoms with van der Waals surface area (Å²) < 4.78 is 83.5. The summed E-state index contributed by atoms with van der Waals surface area (Å²) in [5.74, 6) is 0. The van der Waals surface area contributed by atoms with E-state index in [0.29, 0.717) is 43.5 Å². The Bertz CT molecular complexity index is 3350. The molecule has 0 radical (unpaired) electrons. The average molecular weight is 1300 g/mol. The standard InChI is InChI=1S/C18H23ClN4O2S.C17H20Cl2N4O2S.C17H21ClN4O2S.3ClH/c1-13-3-4-14(19)11-17(13)22-26(24,25)15-5-6-18(16(20)12-15)23-9-2-7-21-8-10-23;18-12-2-4-16(14(19)10-12)22-26(24,25)13-3-5-17(15(20)11-13)23-8-1-6-21-7-9-23;18-14-4-1-2-5-16(14)21-25(23,24)13-6-7-17(15(19)12-13)22-10-3-8-20-9-11-22;;;/h3-6,11-12,21-22H,2,7-10,20H2,1H3;2-5,10-11,21-22H,1,6-9,20H2;1-2,4-7,12,20-21H,3,8-11,19H2;3*1H. The number of para-hydroxylation sites is 1. The molecule has 3 heterocycles. The number of benzene rings is 6. The average Bonchev–Trinajstić information content (AvgIpc) is 3.95. The summed E-state index contributed by atoms with van der Waals surface area (Å²) in [6.07, 6.45) is 3.05. The van der Waals surface area contributed by atoms with Crippen molar-refractivity contribution in [3.05, 3.63) is 141 Å². The fourth-order valence-corrected chi connectivity index (χ4v) is 13.0. The zero-order valence-corrected chi connectivity index (χ0v) is 51.5. The fourth-order valence-electron chi connectivity index (χ4n) is 8.65. The lowest BCUT2D eigenvalue weighted by atomic mass is 10.2. The van der Waals surface area contributed by atoms with Crippen LogP contribution in [0.4, 0.5) is 51.2 Å². The Labute approximate surface area is 508 Å². The van der Waals surface area contributed by atoms with E-state index in [4.69, 9.17) is 63.6 Å². The minimum absolute atomic E-state index is 0. The van der Waals surface area contributed by atoms with Gasteiger partial charge in [0.1, 0.15) is 0 Å². The van der Waals surface area contributed by atoms with Gasteiger partial charge in [0.05, 0.1) is 75.9 Å².